The predicted molar refractivity (Wildman–Crippen MR) is 87.9 cm³/mol. The van der Waals surface area contributed by atoms with Crippen LogP contribution in [0.1, 0.15) is 24.8 Å². The van der Waals surface area contributed by atoms with Gasteiger partial charge in [-0.05, 0) is 37.5 Å². The molecule has 3 aliphatic rings. The third-order valence-corrected chi connectivity index (χ3v) is 5.78. The average Bonchev–Trinajstić information content (AvgIpc) is 3.31. The monoisotopic (exact) mass is 316 g/mol. The van der Waals surface area contributed by atoms with E-state index in [1.807, 2.05) is 17.0 Å². The van der Waals surface area contributed by atoms with Gasteiger partial charge in [0.25, 0.3) is 0 Å². The number of hydrogen-bond acceptors (Lipinski definition) is 4. The summed E-state index contributed by atoms with van der Waals surface area (Å²) in [6, 6.07) is 4.07. The van der Waals surface area contributed by atoms with Crippen molar-refractivity contribution < 1.29 is 14.3 Å². The Balaban J connectivity index is 1.68. The molecule has 0 radical (unpaired) electrons. The molecule has 5 nitrogen and oxygen atoms in total. The van der Waals surface area contributed by atoms with Gasteiger partial charge in [0.05, 0.1) is 19.9 Å². The molecule has 0 saturated heterocycles. The van der Waals surface area contributed by atoms with Crippen LogP contribution in [-0.2, 0) is 11.2 Å². The van der Waals surface area contributed by atoms with Crippen molar-refractivity contribution in [2.75, 3.05) is 25.7 Å². The van der Waals surface area contributed by atoms with E-state index in [4.69, 9.17) is 15.2 Å². The Labute approximate surface area is 136 Å². The molecule has 4 rings (SSSR count). The smallest absolute Gasteiger partial charge is 0.230 e. The molecule has 0 spiro atoms. The summed E-state index contributed by atoms with van der Waals surface area (Å²) in [5, 5.41) is 0. The Kier molecular flexibility index (Phi) is 3.48. The number of benzene rings is 1. The van der Waals surface area contributed by atoms with Gasteiger partial charge < -0.3 is 20.1 Å². The van der Waals surface area contributed by atoms with Gasteiger partial charge in [-0.25, -0.2) is 0 Å². The number of amides is 1. The van der Waals surface area contributed by atoms with Gasteiger partial charge in [-0.1, -0.05) is 0 Å². The molecule has 5 heteroatoms. The molecule has 1 heterocycles. The molecule has 124 valence electrons. The topological polar surface area (TPSA) is 64.8 Å². The van der Waals surface area contributed by atoms with E-state index < -0.39 is 0 Å². The van der Waals surface area contributed by atoms with Crippen LogP contribution >= 0.6 is 0 Å². The zero-order valence-corrected chi connectivity index (χ0v) is 13.7. The number of anilines is 1. The summed E-state index contributed by atoms with van der Waals surface area (Å²) in [6.45, 7) is 0.769. The first kappa shape index (κ1) is 14.8. The average molecular weight is 316 g/mol. The molecule has 2 fully saturated rings. The number of carbonyl (C=O) groups excluding carboxylic acids is 1. The third kappa shape index (κ3) is 2.29. The zero-order valence-electron chi connectivity index (χ0n) is 13.7. The second kappa shape index (κ2) is 5.41. The maximum Gasteiger partial charge on any atom is 0.230 e. The van der Waals surface area contributed by atoms with Crippen LogP contribution in [-0.4, -0.2) is 32.7 Å². The molecule has 0 bridgehead atoms. The van der Waals surface area contributed by atoms with Crippen LogP contribution in [0.25, 0.3) is 0 Å². The van der Waals surface area contributed by atoms with Gasteiger partial charge in [-0.2, -0.15) is 0 Å². The van der Waals surface area contributed by atoms with Crippen molar-refractivity contribution in [2.45, 2.75) is 31.7 Å². The molecule has 2 aliphatic carbocycles. The predicted octanol–water partition coefficient (Wildman–Crippen LogP) is 1.97. The van der Waals surface area contributed by atoms with Crippen LogP contribution in [0.5, 0.6) is 11.5 Å². The van der Waals surface area contributed by atoms with Gasteiger partial charge in [0.2, 0.25) is 5.91 Å². The van der Waals surface area contributed by atoms with Crippen molar-refractivity contribution in [3.05, 3.63) is 17.7 Å². The van der Waals surface area contributed by atoms with Crippen LogP contribution in [0.4, 0.5) is 5.69 Å². The van der Waals surface area contributed by atoms with Gasteiger partial charge in [-0.15, -0.1) is 0 Å². The molecule has 1 aliphatic heterocycles. The molecule has 1 amide bonds. The highest BCUT2D eigenvalue weighted by molar-refractivity contribution is 5.97. The van der Waals surface area contributed by atoms with Crippen LogP contribution in [0.15, 0.2) is 12.1 Å². The number of fused-ring (bicyclic) bond motifs is 2. The SMILES string of the molecule is COc1cc(OC)c2c(c1)N(C(=O)[C@@H]1C[C@H](N)[C@H]3C[C@H]31)CCC2. The molecule has 0 unspecified atom stereocenters. The third-order valence-electron chi connectivity index (χ3n) is 5.78. The molecule has 23 heavy (non-hydrogen) atoms. The quantitative estimate of drug-likeness (QED) is 0.926. The number of hydrogen-bond donors (Lipinski definition) is 1. The molecular formula is C18H24N2O3. The Morgan fingerprint density at radius 2 is 2.04 bits per heavy atom. The summed E-state index contributed by atoms with van der Waals surface area (Å²) in [5.74, 6) is 2.96. The van der Waals surface area contributed by atoms with E-state index in [0.717, 1.165) is 55.0 Å². The summed E-state index contributed by atoms with van der Waals surface area (Å²) >= 11 is 0. The summed E-state index contributed by atoms with van der Waals surface area (Å²) in [6.07, 6.45) is 3.86. The van der Waals surface area contributed by atoms with Crippen molar-refractivity contribution >= 4 is 11.6 Å². The second-order valence-electron chi connectivity index (χ2n) is 6.99. The zero-order chi connectivity index (χ0) is 16.1. The Hall–Kier alpha value is -1.75. The standard InChI is InChI=1S/C18H24N2O3/c1-22-10-6-16-11(17(7-10)23-2)4-3-5-20(16)18(21)14-9-15(19)13-8-12(13)14/h6-7,12-15H,3-5,8-9,19H2,1-2H3/t12-,13+,14-,15+/m1/s1. The fourth-order valence-corrected chi connectivity index (χ4v) is 4.48. The van der Waals surface area contributed by atoms with E-state index in [0.29, 0.717) is 11.8 Å². The van der Waals surface area contributed by atoms with Gasteiger partial charge in [0.15, 0.2) is 0 Å². The number of nitrogens with two attached hydrogens (primary N) is 1. The Morgan fingerprint density at radius 1 is 1.22 bits per heavy atom. The van der Waals surface area contributed by atoms with E-state index >= 15 is 0 Å². The van der Waals surface area contributed by atoms with Crippen molar-refractivity contribution in [3.63, 3.8) is 0 Å². The van der Waals surface area contributed by atoms with Crippen molar-refractivity contribution in [1.29, 1.82) is 0 Å². The second-order valence-corrected chi connectivity index (χ2v) is 6.99. The normalized spacial score (nSPS) is 31.3. The van der Waals surface area contributed by atoms with Crippen molar-refractivity contribution in [2.24, 2.45) is 23.5 Å². The Bertz CT molecular complexity index is 645. The van der Waals surface area contributed by atoms with Crippen LogP contribution in [0.2, 0.25) is 0 Å². The fourth-order valence-electron chi connectivity index (χ4n) is 4.48. The minimum atomic E-state index is 0.0955. The number of rotatable bonds is 3. The maximum absolute atomic E-state index is 13.1. The highest BCUT2D eigenvalue weighted by atomic mass is 16.5. The van der Waals surface area contributed by atoms with Crippen LogP contribution in [0, 0.1) is 17.8 Å². The summed E-state index contributed by atoms with van der Waals surface area (Å²) in [7, 11) is 3.31. The molecule has 2 N–H and O–H groups in total. The summed E-state index contributed by atoms with van der Waals surface area (Å²) in [5.41, 5.74) is 8.22. The van der Waals surface area contributed by atoms with Gasteiger partial charge in [-0.3, -0.25) is 4.79 Å². The van der Waals surface area contributed by atoms with Gasteiger partial charge in [0, 0.05) is 36.2 Å². The minimum Gasteiger partial charge on any atom is -0.497 e. The molecular weight excluding hydrogens is 292 g/mol. The van der Waals surface area contributed by atoms with E-state index in [-0.39, 0.29) is 17.9 Å². The van der Waals surface area contributed by atoms with E-state index in [9.17, 15) is 4.79 Å². The highest BCUT2D eigenvalue weighted by Crippen LogP contribution is 2.55. The van der Waals surface area contributed by atoms with Crippen LogP contribution < -0.4 is 20.1 Å². The van der Waals surface area contributed by atoms with Crippen molar-refractivity contribution in [1.82, 2.24) is 0 Å². The lowest BCUT2D eigenvalue weighted by atomic mass is 9.95. The van der Waals surface area contributed by atoms with E-state index in [1.165, 1.54) is 0 Å². The lowest BCUT2D eigenvalue weighted by molar-refractivity contribution is -0.122. The fraction of sp³-hybridized carbons (Fsp3) is 0.611. The lowest BCUT2D eigenvalue weighted by Crippen LogP contribution is -2.40. The van der Waals surface area contributed by atoms with E-state index in [2.05, 4.69) is 0 Å². The number of ether oxygens (including phenoxy) is 2. The van der Waals surface area contributed by atoms with Crippen molar-refractivity contribution in [3.8, 4) is 11.5 Å². The summed E-state index contributed by atoms with van der Waals surface area (Å²) in [4.78, 5) is 15.1. The molecule has 1 aromatic rings. The maximum atomic E-state index is 13.1. The molecule has 0 aromatic heterocycles. The first-order valence-corrected chi connectivity index (χ1v) is 8.46. The first-order valence-electron chi connectivity index (χ1n) is 8.46. The van der Waals surface area contributed by atoms with Crippen LogP contribution in [0.3, 0.4) is 0 Å². The number of nitrogens with zero attached hydrogens (tertiary/aromatic N) is 1. The van der Waals surface area contributed by atoms with Gasteiger partial charge in [0.1, 0.15) is 11.5 Å². The largest absolute Gasteiger partial charge is 0.497 e. The summed E-state index contributed by atoms with van der Waals surface area (Å²) < 4.78 is 10.9. The number of carbonyl (C=O) groups is 1. The Morgan fingerprint density at radius 3 is 2.65 bits per heavy atom. The molecule has 4 atom stereocenters. The lowest BCUT2D eigenvalue weighted by Gasteiger charge is -2.33. The minimum absolute atomic E-state index is 0.0955. The molecule has 2 saturated carbocycles. The van der Waals surface area contributed by atoms with Gasteiger partial charge >= 0.3 is 0 Å². The first-order chi connectivity index (χ1) is 11.1. The number of methoxy groups -OCH3 is 2. The van der Waals surface area contributed by atoms with E-state index in [1.54, 1.807) is 14.2 Å². The molecule has 1 aromatic carbocycles. The highest BCUT2D eigenvalue weighted by Gasteiger charge is 2.56.